The Balaban J connectivity index is 2.02. The average molecular weight is 428 g/mol. The van der Waals surface area contributed by atoms with E-state index in [0.717, 1.165) is 15.9 Å². The molecule has 0 aliphatic heterocycles. The van der Waals surface area contributed by atoms with Crippen LogP contribution in [0.5, 0.6) is 5.75 Å². The first-order valence-corrected chi connectivity index (χ1v) is 10.5. The van der Waals surface area contributed by atoms with Crippen LogP contribution in [0, 0.1) is 12.7 Å². The molecule has 6 nitrogen and oxygen atoms in total. The first-order chi connectivity index (χ1) is 14.3. The lowest BCUT2D eigenvalue weighted by atomic mass is 10.2. The Morgan fingerprint density at radius 1 is 1.03 bits per heavy atom. The number of anilines is 2. The van der Waals surface area contributed by atoms with E-state index in [4.69, 9.17) is 4.74 Å². The first kappa shape index (κ1) is 21.3. The lowest BCUT2D eigenvalue weighted by Crippen LogP contribution is -2.38. The van der Waals surface area contributed by atoms with Gasteiger partial charge in [-0.25, -0.2) is 12.8 Å². The minimum Gasteiger partial charge on any atom is -0.495 e. The molecule has 0 radical (unpaired) electrons. The molecule has 0 saturated carbocycles. The van der Waals surface area contributed by atoms with Crippen LogP contribution in [0.15, 0.2) is 77.7 Å². The van der Waals surface area contributed by atoms with Gasteiger partial charge in [-0.3, -0.25) is 9.10 Å². The van der Waals surface area contributed by atoms with Gasteiger partial charge < -0.3 is 10.1 Å². The zero-order valence-corrected chi connectivity index (χ0v) is 17.3. The van der Waals surface area contributed by atoms with Crippen LogP contribution in [-0.2, 0) is 14.8 Å². The molecule has 3 aromatic rings. The number of ether oxygens (including phenoxy) is 1. The Bertz CT molecular complexity index is 1150. The maximum Gasteiger partial charge on any atom is 0.264 e. The van der Waals surface area contributed by atoms with Crippen molar-refractivity contribution >= 4 is 27.3 Å². The number of amides is 1. The van der Waals surface area contributed by atoms with Gasteiger partial charge in [-0.15, -0.1) is 0 Å². The van der Waals surface area contributed by atoms with Crippen molar-refractivity contribution in [3.8, 4) is 5.75 Å². The van der Waals surface area contributed by atoms with Crippen molar-refractivity contribution in [1.29, 1.82) is 0 Å². The van der Waals surface area contributed by atoms with Crippen LogP contribution in [0.2, 0.25) is 0 Å². The molecule has 0 heterocycles. The average Bonchev–Trinajstić information content (AvgIpc) is 2.72. The van der Waals surface area contributed by atoms with Gasteiger partial charge in [0.05, 0.1) is 17.7 Å². The van der Waals surface area contributed by atoms with Crippen molar-refractivity contribution in [2.24, 2.45) is 0 Å². The summed E-state index contributed by atoms with van der Waals surface area (Å²) in [5.74, 6) is -0.829. The normalized spacial score (nSPS) is 11.0. The van der Waals surface area contributed by atoms with Crippen LogP contribution in [-0.4, -0.2) is 28.0 Å². The van der Waals surface area contributed by atoms with Gasteiger partial charge >= 0.3 is 0 Å². The van der Waals surface area contributed by atoms with Crippen molar-refractivity contribution in [3.05, 3.63) is 84.2 Å². The molecule has 0 saturated heterocycles. The number of carbonyl (C=O) groups is 1. The Hall–Kier alpha value is -3.39. The van der Waals surface area contributed by atoms with Gasteiger partial charge in [-0.05, 0) is 55.0 Å². The smallest absolute Gasteiger partial charge is 0.264 e. The maximum absolute atomic E-state index is 13.4. The van der Waals surface area contributed by atoms with Gasteiger partial charge in [0, 0.05) is 5.69 Å². The van der Waals surface area contributed by atoms with Crippen molar-refractivity contribution in [2.75, 3.05) is 23.3 Å². The Labute approximate surface area is 175 Å². The number of hydrogen-bond donors (Lipinski definition) is 1. The maximum atomic E-state index is 13.4. The zero-order valence-electron chi connectivity index (χ0n) is 16.5. The predicted octanol–water partition coefficient (Wildman–Crippen LogP) is 3.98. The van der Waals surface area contributed by atoms with Crippen molar-refractivity contribution in [2.45, 2.75) is 11.8 Å². The van der Waals surface area contributed by atoms with E-state index in [2.05, 4.69) is 5.32 Å². The van der Waals surface area contributed by atoms with Gasteiger partial charge in [0.25, 0.3) is 10.0 Å². The number of carbonyl (C=O) groups excluding carboxylic acids is 1. The van der Waals surface area contributed by atoms with E-state index in [-0.39, 0.29) is 16.3 Å². The molecule has 3 aromatic carbocycles. The fraction of sp³-hybridized carbons (Fsp3) is 0.136. The highest BCUT2D eigenvalue weighted by Crippen LogP contribution is 2.33. The number of benzene rings is 3. The van der Waals surface area contributed by atoms with E-state index in [1.54, 1.807) is 36.4 Å². The predicted molar refractivity (Wildman–Crippen MR) is 114 cm³/mol. The van der Waals surface area contributed by atoms with Crippen LogP contribution >= 0.6 is 0 Å². The van der Waals surface area contributed by atoms with Crippen molar-refractivity contribution in [1.82, 2.24) is 0 Å². The quantitative estimate of drug-likeness (QED) is 0.618. The number of methoxy groups -OCH3 is 1. The fourth-order valence-electron chi connectivity index (χ4n) is 2.91. The molecule has 3 rings (SSSR count). The second kappa shape index (κ2) is 8.96. The second-order valence-corrected chi connectivity index (χ2v) is 8.42. The number of sulfonamides is 1. The fourth-order valence-corrected chi connectivity index (χ4v) is 4.36. The summed E-state index contributed by atoms with van der Waals surface area (Å²) in [7, 11) is -2.66. The summed E-state index contributed by atoms with van der Waals surface area (Å²) >= 11 is 0. The lowest BCUT2D eigenvalue weighted by molar-refractivity contribution is -0.114. The van der Waals surface area contributed by atoms with Gasteiger partial charge in [0.1, 0.15) is 18.1 Å². The molecule has 8 heteroatoms. The summed E-state index contributed by atoms with van der Waals surface area (Å²) in [6.45, 7) is 1.29. The Morgan fingerprint density at radius 2 is 1.77 bits per heavy atom. The lowest BCUT2D eigenvalue weighted by Gasteiger charge is -2.26. The molecule has 0 unspecified atom stereocenters. The van der Waals surface area contributed by atoms with Crippen LogP contribution in [0.3, 0.4) is 0 Å². The number of hydrogen-bond acceptors (Lipinski definition) is 4. The van der Waals surface area contributed by atoms with Gasteiger partial charge in [0.2, 0.25) is 5.91 Å². The summed E-state index contributed by atoms with van der Waals surface area (Å²) in [5.41, 5.74) is 1.26. The van der Waals surface area contributed by atoms with Gasteiger partial charge in [-0.2, -0.15) is 0 Å². The molecule has 1 amide bonds. The van der Waals surface area contributed by atoms with Crippen molar-refractivity contribution in [3.63, 3.8) is 0 Å². The third kappa shape index (κ3) is 4.77. The summed E-state index contributed by atoms with van der Waals surface area (Å²) in [6, 6.07) is 18.2. The number of halogens is 1. The van der Waals surface area contributed by atoms with E-state index < -0.39 is 28.3 Å². The van der Waals surface area contributed by atoms with E-state index in [9.17, 15) is 17.6 Å². The summed E-state index contributed by atoms with van der Waals surface area (Å²) in [5, 5.41) is 2.53. The number of rotatable bonds is 7. The van der Waals surface area contributed by atoms with Crippen LogP contribution in [0.1, 0.15) is 5.56 Å². The molecule has 0 spiro atoms. The highest BCUT2D eigenvalue weighted by Gasteiger charge is 2.29. The topological polar surface area (TPSA) is 75.7 Å². The van der Waals surface area contributed by atoms with Crippen LogP contribution in [0.25, 0.3) is 0 Å². The highest BCUT2D eigenvalue weighted by atomic mass is 32.2. The van der Waals surface area contributed by atoms with E-state index in [0.29, 0.717) is 5.75 Å². The zero-order chi connectivity index (χ0) is 21.7. The molecule has 30 heavy (non-hydrogen) atoms. The minimum atomic E-state index is -4.08. The van der Waals surface area contributed by atoms with E-state index in [1.165, 1.54) is 37.4 Å². The Morgan fingerprint density at radius 3 is 2.43 bits per heavy atom. The van der Waals surface area contributed by atoms with Crippen LogP contribution < -0.4 is 14.4 Å². The number of nitrogens with one attached hydrogen (secondary N) is 1. The molecule has 1 N–H and O–H groups in total. The number of nitrogens with zero attached hydrogens (tertiary/aromatic N) is 1. The third-order valence-electron chi connectivity index (χ3n) is 4.33. The second-order valence-electron chi connectivity index (χ2n) is 6.56. The molecule has 156 valence electrons. The SMILES string of the molecule is COc1ccc(C)cc1N(CC(=O)Nc1cccc(F)c1)S(=O)(=O)c1ccccc1. The molecule has 0 aromatic heterocycles. The largest absolute Gasteiger partial charge is 0.495 e. The van der Waals surface area contributed by atoms with Crippen molar-refractivity contribution < 1.29 is 22.3 Å². The monoisotopic (exact) mass is 428 g/mol. The summed E-state index contributed by atoms with van der Waals surface area (Å²) in [6.07, 6.45) is 0. The number of aryl methyl sites for hydroxylation is 1. The van der Waals surface area contributed by atoms with Gasteiger partial charge in [0.15, 0.2) is 0 Å². The molecular weight excluding hydrogens is 407 g/mol. The Kier molecular flexibility index (Phi) is 6.37. The van der Waals surface area contributed by atoms with Crippen LogP contribution in [0.4, 0.5) is 15.8 Å². The summed E-state index contributed by atoms with van der Waals surface area (Å²) < 4.78 is 46.5. The molecule has 0 aliphatic rings. The minimum absolute atomic E-state index is 0.0344. The van der Waals surface area contributed by atoms with E-state index >= 15 is 0 Å². The van der Waals surface area contributed by atoms with E-state index in [1.807, 2.05) is 6.92 Å². The molecular formula is C22H21FN2O4S. The summed E-state index contributed by atoms with van der Waals surface area (Å²) in [4.78, 5) is 12.7. The van der Waals surface area contributed by atoms with Gasteiger partial charge in [-0.1, -0.05) is 30.3 Å². The first-order valence-electron chi connectivity index (χ1n) is 9.09. The molecule has 0 aliphatic carbocycles. The molecule has 0 bridgehead atoms. The third-order valence-corrected chi connectivity index (χ3v) is 6.10. The highest BCUT2D eigenvalue weighted by molar-refractivity contribution is 7.92. The molecule has 0 atom stereocenters. The standard InChI is InChI=1S/C22H21FN2O4S/c1-16-11-12-21(29-2)20(13-16)25(30(27,28)19-9-4-3-5-10-19)15-22(26)24-18-8-6-7-17(23)14-18/h3-14H,15H2,1-2H3,(H,24,26). The molecule has 0 fully saturated rings.